The van der Waals surface area contributed by atoms with Crippen LogP contribution in [0.2, 0.25) is 30.4 Å². The molecule has 0 aliphatic carbocycles. The minimum atomic E-state index is -0.789. The lowest BCUT2D eigenvalue weighted by atomic mass is 10.2. The lowest BCUT2D eigenvalue weighted by Gasteiger charge is -2.18. The second-order valence-electron chi connectivity index (χ2n) is 29.7. The summed E-state index contributed by atoms with van der Waals surface area (Å²) in [6, 6.07) is 34.0. The first-order valence-electron chi connectivity index (χ1n) is 42.1. The number of carbonyl (C=O) groups is 12. The van der Waals surface area contributed by atoms with Crippen LogP contribution in [0.3, 0.4) is 0 Å². The number of pyridine rings is 4. The van der Waals surface area contributed by atoms with Crippen molar-refractivity contribution in [3.05, 3.63) is 253 Å². The Labute approximate surface area is 867 Å². The Bertz CT molecular complexity index is 5850. The number of nitrogens with zero attached hydrogens (tertiary/aromatic N) is 20. The zero-order valence-electron chi connectivity index (χ0n) is 78.5. The minimum absolute atomic E-state index is 0.0218. The van der Waals surface area contributed by atoms with Gasteiger partial charge in [0.15, 0.2) is 42.3 Å². The lowest BCUT2D eigenvalue weighted by Crippen LogP contribution is -2.30. The molecule has 0 saturated heterocycles. The molecule has 0 aliphatic rings. The van der Waals surface area contributed by atoms with E-state index in [1.54, 1.807) is 137 Å². The number of aromatic nitrogens is 16. The van der Waals surface area contributed by atoms with Gasteiger partial charge < -0.3 is 80.4 Å². The van der Waals surface area contributed by atoms with E-state index in [4.69, 9.17) is 108 Å². The van der Waals surface area contributed by atoms with Crippen LogP contribution < -0.4 is 62.1 Å². The van der Waals surface area contributed by atoms with E-state index in [2.05, 4.69) is 135 Å². The highest BCUT2D eigenvalue weighted by atomic mass is 79.9. The number of likely N-dealkylation sites (N-methyl/N-ethyl adjacent to an activating group) is 4. The van der Waals surface area contributed by atoms with Crippen molar-refractivity contribution in [2.45, 2.75) is 81.0 Å². The van der Waals surface area contributed by atoms with Gasteiger partial charge in [0.05, 0.1) is 69.0 Å². The van der Waals surface area contributed by atoms with Gasteiger partial charge in [-0.05, 0) is 183 Å². The third-order valence-electron chi connectivity index (χ3n) is 18.7. The van der Waals surface area contributed by atoms with Gasteiger partial charge in [-0.3, -0.25) is 58.0 Å². The van der Waals surface area contributed by atoms with Gasteiger partial charge in [0.2, 0.25) is 26.9 Å². The molecule has 0 radical (unpaired) electrons. The number of benzene rings is 4. The summed E-state index contributed by atoms with van der Waals surface area (Å²) in [4.78, 5) is 173. The molecule has 56 heteroatoms. The van der Waals surface area contributed by atoms with Crippen molar-refractivity contribution in [1.82, 2.24) is 101 Å². The van der Waals surface area contributed by atoms with Gasteiger partial charge >= 0.3 is 48.3 Å². The number of esters is 4. The third-order valence-corrected chi connectivity index (χ3v) is 21.5. The van der Waals surface area contributed by atoms with Crippen molar-refractivity contribution in [1.29, 1.82) is 0 Å². The van der Waals surface area contributed by atoms with Crippen molar-refractivity contribution < 1.29 is 95.4 Å². The zero-order chi connectivity index (χ0) is 105. The number of carbonyl (C=O) groups excluding carboxylic acids is 12. The first kappa shape index (κ1) is 113. The van der Waals surface area contributed by atoms with E-state index in [1.807, 2.05) is 39.8 Å². The van der Waals surface area contributed by atoms with E-state index < -0.39 is 85.3 Å². The molecule has 12 rings (SSSR count). The molecule has 8 N–H and O–H groups in total. The van der Waals surface area contributed by atoms with E-state index >= 15 is 0 Å². The quantitative estimate of drug-likeness (QED) is 0.0134. The van der Waals surface area contributed by atoms with Gasteiger partial charge in [-0.1, -0.05) is 118 Å². The molecule has 8 aromatic heterocycles. The van der Waals surface area contributed by atoms with Crippen LogP contribution in [0.5, 0.6) is 0 Å². The molecule has 48 nitrogen and oxygen atoms in total. The highest BCUT2D eigenvalue weighted by Gasteiger charge is 2.29. The third kappa shape index (κ3) is 33.8. The summed E-state index contributed by atoms with van der Waals surface area (Å²) >= 11 is 43.1. The highest BCUT2D eigenvalue weighted by Crippen LogP contribution is 2.31. The van der Waals surface area contributed by atoms with Crippen LogP contribution in [0, 0.1) is 27.7 Å². The van der Waals surface area contributed by atoms with Crippen molar-refractivity contribution in [2.24, 2.45) is 0 Å². The number of rotatable bonds is 36. The average molecular weight is 2230 g/mol. The maximum Gasteiger partial charge on any atom is 0.417 e. The van der Waals surface area contributed by atoms with Crippen LogP contribution in [0.1, 0.15) is 86.5 Å². The molecule has 12 aromatic rings. The Morgan fingerprint density at radius 3 is 0.743 bits per heavy atom. The summed E-state index contributed by atoms with van der Waals surface area (Å²) in [5.41, 5.74) is 6.99. The van der Waals surface area contributed by atoms with Gasteiger partial charge in [0.25, 0.3) is 23.6 Å². The first-order chi connectivity index (χ1) is 68.8. The van der Waals surface area contributed by atoms with Crippen LogP contribution >= 0.6 is 101 Å². The highest BCUT2D eigenvalue weighted by molar-refractivity contribution is 9.10. The zero-order valence-corrected chi connectivity index (χ0v) is 86.2. The number of hydrogen-bond acceptors (Lipinski definition) is 36. The molecule has 0 aliphatic heterocycles. The van der Waals surface area contributed by atoms with Gasteiger partial charge in [0.1, 0.15) is 49.7 Å². The normalized spacial score (nSPS) is 10.6. The minimum Gasteiger partial charge on any atom is -0.460 e. The first-order valence-corrected chi connectivity index (χ1v) is 45.9. The summed E-state index contributed by atoms with van der Waals surface area (Å²) in [5.74, 6) is -3.18. The molecule has 0 saturated carbocycles. The Hall–Kier alpha value is -14.6. The summed E-state index contributed by atoms with van der Waals surface area (Å²) in [6.45, 7) is 5.78. The second kappa shape index (κ2) is 55.7. The molecule has 144 heavy (non-hydrogen) atoms. The van der Waals surface area contributed by atoms with Gasteiger partial charge in [-0.25, -0.2) is 39.1 Å². The van der Waals surface area contributed by atoms with E-state index in [-0.39, 0.29) is 132 Å². The SMILES string of the molecule is CNCC(=O)OCc1cccnc1N(C)C(=O)OCn1nc(Br)c(C(=O)Nc2ccc(C)cc2Cl)n1.CNCC(=O)OCc1cccnc1N(C)C(=O)OCn1nc(Br)c(C(=O)Nc2ccc(C)cc2Cl)n1.CNCC(=O)OCc1cccnc1N(C)C(=O)OCn1nc(Cl)c(C(=O)Nc2ccc(C)cc2Cl)n1.CNCC(=O)OCc1cccnc1N(C)C(=O)OCn1nc(Cl)c(C(=O)Nc2ccc(C)cc2Cl)n1. The lowest BCUT2D eigenvalue weighted by molar-refractivity contribution is -0.144. The van der Waals surface area contributed by atoms with E-state index in [9.17, 15) is 57.5 Å². The van der Waals surface area contributed by atoms with E-state index in [0.717, 1.165) is 61.0 Å². The number of nitrogens with one attached hydrogen (secondary N) is 8. The molecular weight excluding hydrogens is 2140 g/mol. The van der Waals surface area contributed by atoms with E-state index in [1.165, 1.54) is 53.0 Å². The Morgan fingerprint density at radius 1 is 0.306 bits per heavy atom. The summed E-state index contributed by atoms with van der Waals surface area (Å²) in [6.07, 6.45) is 2.86. The molecular formula is C88H92Br2Cl6N28O20. The predicted octanol–water partition coefficient (Wildman–Crippen LogP) is 12.4. The van der Waals surface area contributed by atoms with Gasteiger partial charge in [-0.15, -0.1) is 60.0 Å². The molecule has 0 fully saturated rings. The topological polar surface area (TPSA) is 562 Å². The van der Waals surface area contributed by atoms with Crippen LogP contribution in [0.15, 0.2) is 155 Å². The second-order valence-corrected chi connectivity index (χ2v) is 33.5. The Morgan fingerprint density at radius 2 is 0.521 bits per heavy atom. The van der Waals surface area contributed by atoms with Crippen LogP contribution in [-0.4, -0.2) is 234 Å². The number of halogens is 8. The average Bonchev–Trinajstić information content (AvgIpc) is 1.54. The molecule has 0 unspecified atom stereocenters. The number of hydrogen-bond donors (Lipinski definition) is 8. The molecule has 0 spiro atoms. The van der Waals surface area contributed by atoms with Crippen molar-refractivity contribution in [3.8, 4) is 0 Å². The smallest absolute Gasteiger partial charge is 0.417 e. The van der Waals surface area contributed by atoms with E-state index in [0.29, 0.717) is 65.1 Å². The molecule has 8 amide bonds. The largest absolute Gasteiger partial charge is 0.460 e. The van der Waals surface area contributed by atoms with Crippen LogP contribution in [0.25, 0.3) is 0 Å². The van der Waals surface area contributed by atoms with Crippen molar-refractivity contribution >= 4 is 219 Å². The van der Waals surface area contributed by atoms with Gasteiger partial charge in [-0.2, -0.15) is 0 Å². The fraction of sp³-hybridized carbons (Fsp3) is 0.273. The van der Waals surface area contributed by atoms with Crippen molar-refractivity contribution in [2.75, 3.05) is 123 Å². The summed E-state index contributed by atoms with van der Waals surface area (Å²) in [5, 5.41) is 54.5. The monoisotopic (exact) mass is 2230 g/mol. The molecule has 0 atom stereocenters. The molecule has 8 heterocycles. The fourth-order valence-electron chi connectivity index (χ4n) is 11.7. The fourth-order valence-corrected chi connectivity index (χ4v) is 14.1. The van der Waals surface area contributed by atoms with Crippen LogP contribution in [0.4, 0.5) is 65.2 Å². The molecule has 760 valence electrons. The van der Waals surface area contributed by atoms with Gasteiger partial charge in [0, 0.05) is 75.2 Å². The summed E-state index contributed by atoms with van der Waals surface area (Å²) < 4.78 is 41.9. The predicted molar refractivity (Wildman–Crippen MR) is 533 cm³/mol. The Kier molecular flexibility index (Phi) is 43.7. The molecule has 0 bridgehead atoms. The maximum atomic E-state index is 12.6. The maximum absolute atomic E-state index is 12.6. The summed E-state index contributed by atoms with van der Waals surface area (Å²) in [7, 11) is 12.3. The van der Waals surface area contributed by atoms with Crippen LogP contribution in [-0.2, 0) is 110 Å². The standard InChI is InChI=1S/2C22H23BrClN7O5.2C22H23Cl2N7O5/c2*1-13-6-7-16(15(24)9-13)27-21(33)18-19(23)29-31(28-18)12-36-22(34)30(3)20-14(5-4-8-26-20)11-35-17(32)10-25-2;2*1-13-6-7-16(15(23)9-13)27-21(33)18-19(24)29-31(28-18)12-36-22(34)30(3)20-14(5-4-8-26-20)11-35-17(32)10-25-2/h4*4-9,25H,10-12H2,1-3H3,(H,27,33). The number of amides is 8. The Balaban J connectivity index is 0.000000214. The molecule has 4 aromatic carbocycles. The number of aryl methyl sites for hydroxylation is 4. The van der Waals surface area contributed by atoms with Crippen molar-refractivity contribution in [3.63, 3.8) is 0 Å². The number of ether oxygens (including phenoxy) is 8. The number of anilines is 8.